The molecule has 2 heterocycles. The molecular formula is C15H13BrN2O2. The highest BCUT2D eigenvalue weighted by molar-refractivity contribution is 9.10. The Bertz CT molecular complexity index is 768. The van der Waals surface area contributed by atoms with E-state index in [1.807, 2.05) is 47.0 Å². The molecule has 0 aliphatic carbocycles. The summed E-state index contributed by atoms with van der Waals surface area (Å²) in [6, 6.07) is 11.7. The number of halogens is 1. The topological polar surface area (TPSA) is 35.8 Å². The third-order valence-electron chi connectivity index (χ3n) is 3.13. The van der Waals surface area contributed by atoms with Crippen LogP contribution in [-0.2, 0) is 0 Å². The molecule has 2 aromatic heterocycles. The Kier molecular flexibility index (Phi) is 3.36. The lowest BCUT2D eigenvalue weighted by Gasteiger charge is -2.05. The van der Waals surface area contributed by atoms with Crippen LogP contribution in [0.25, 0.3) is 16.9 Å². The van der Waals surface area contributed by atoms with E-state index in [4.69, 9.17) is 9.47 Å². The van der Waals surface area contributed by atoms with E-state index in [1.54, 1.807) is 14.2 Å². The lowest BCUT2D eigenvalue weighted by Crippen LogP contribution is -1.92. The van der Waals surface area contributed by atoms with Gasteiger partial charge in [0.05, 0.1) is 25.9 Å². The number of rotatable bonds is 3. The number of aromatic nitrogens is 2. The molecule has 0 aliphatic rings. The standard InChI is InChI=1S/C15H13BrN2O2/c1-19-11-5-3-4-10(8-11)15-17-14(16)13-7-6-12(20-2)9-18(13)15/h3-9H,1-2H3. The van der Waals surface area contributed by atoms with Gasteiger partial charge in [-0.25, -0.2) is 4.98 Å². The maximum absolute atomic E-state index is 5.28. The molecule has 0 unspecified atom stereocenters. The smallest absolute Gasteiger partial charge is 0.146 e. The van der Waals surface area contributed by atoms with Crippen LogP contribution in [0.5, 0.6) is 11.5 Å². The van der Waals surface area contributed by atoms with Crippen LogP contribution in [0.15, 0.2) is 47.2 Å². The zero-order valence-electron chi connectivity index (χ0n) is 11.1. The fourth-order valence-corrected chi connectivity index (χ4v) is 2.61. The lowest BCUT2D eigenvalue weighted by molar-refractivity contribution is 0.412. The van der Waals surface area contributed by atoms with E-state index < -0.39 is 0 Å². The molecule has 0 amide bonds. The van der Waals surface area contributed by atoms with E-state index in [1.165, 1.54) is 0 Å². The van der Waals surface area contributed by atoms with Crippen molar-refractivity contribution in [3.63, 3.8) is 0 Å². The first-order chi connectivity index (χ1) is 9.72. The SMILES string of the molecule is COc1cccc(-c2nc(Br)c3ccc(OC)cn23)c1. The highest BCUT2D eigenvalue weighted by Crippen LogP contribution is 2.29. The quantitative estimate of drug-likeness (QED) is 0.732. The summed E-state index contributed by atoms with van der Waals surface area (Å²) in [5, 5.41) is 0. The van der Waals surface area contributed by atoms with E-state index in [-0.39, 0.29) is 0 Å². The highest BCUT2D eigenvalue weighted by atomic mass is 79.9. The molecule has 0 N–H and O–H groups in total. The van der Waals surface area contributed by atoms with E-state index in [2.05, 4.69) is 20.9 Å². The van der Waals surface area contributed by atoms with Crippen molar-refractivity contribution in [1.82, 2.24) is 9.38 Å². The van der Waals surface area contributed by atoms with Gasteiger partial charge in [0, 0.05) is 5.56 Å². The van der Waals surface area contributed by atoms with Crippen molar-refractivity contribution in [2.45, 2.75) is 0 Å². The number of imidazole rings is 1. The monoisotopic (exact) mass is 332 g/mol. The van der Waals surface area contributed by atoms with Crippen molar-refractivity contribution in [3.8, 4) is 22.9 Å². The minimum Gasteiger partial charge on any atom is -0.497 e. The Labute approximate surface area is 125 Å². The minimum atomic E-state index is 0.784. The van der Waals surface area contributed by atoms with E-state index in [0.717, 1.165) is 33.0 Å². The second kappa shape index (κ2) is 5.17. The zero-order valence-corrected chi connectivity index (χ0v) is 12.7. The Morgan fingerprint density at radius 3 is 2.60 bits per heavy atom. The average Bonchev–Trinajstić information content (AvgIpc) is 2.84. The summed E-state index contributed by atoms with van der Waals surface area (Å²) in [7, 11) is 3.31. The fourth-order valence-electron chi connectivity index (χ4n) is 2.12. The number of hydrogen-bond donors (Lipinski definition) is 0. The summed E-state index contributed by atoms with van der Waals surface area (Å²) in [6.45, 7) is 0. The van der Waals surface area contributed by atoms with Crippen molar-refractivity contribution >= 4 is 21.4 Å². The van der Waals surface area contributed by atoms with Crippen LogP contribution in [0.4, 0.5) is 0 Å². The number of benzene rings is 1. The molecule has 20 heavy (non-hydrogen) atoms. The third-order valence-corrected chi connectivity index (χ3v) is 3.71. The summed E-state index contributed by atoms with van der Waals surface area (Å²) in [5.74, 6) is 2.43. The van der Waals surface area contributed by atoms with Gasteiger partial charge in [-0.1, -0.05) is 12.1 Å². The Morgan fingerprint density at radius 1 is 1.05 bits per heavy atom. The molecule has 3 rings (SSSR count). The maximum Gasteiger partial charge on any atom is 0.146 e. The minimum absolute atomic E-state index is 0.784. The first-order valence-corrected chi connectivity index (χ1v) is 6.88. The number of methoxy groups -OCH3 is 2. The number of nitrogens with zero attached hydrogens (tertiary/aromatic N) is 2. The number of pyridine rings is 1. The zero-order chi connectivity index (χ0) is 14.1. The van der Waals surface area contributed by atoms with Crippen LogP contribution in [0.3, 0.4) is 0 Å². The molecule has 4 nitrogen and oxygen atoms in total. The van der Waals surface area contributed by atoms with Gasteiger partial charge in [-0.3, -0.25) is 4.40 Å². The predicted molar refractivity (Wildman–Crippen MR) is 81.4 cm³/mol. The van der Waals surface area contributed by atoms with E-state index in [0.29, 0.717) is 0 Å². The van der Waals surface area contributed by atoms with Crippen molar-refractivity contribution in [2.24, 2.45) is 0 Å². The Balaban J connectivity index is 2.24. The second-order valence-corrected chi connectivity index (χ2v) is 5.03. The van der Waals surface area contributed by atoms with Gasteiger partial charge < -0.3 is 9.47 Å². The van der Waals surface area contributed by atoms with Crippen LogP contribution in [0.2, 0.25) is 0 Å². The Hall–Kier alpha value is -2.01. The largest absolute Gasteiger partial charge is 0.497 e. The van der Waals surface area contributed by atoms with Crippen molar-refractivity contribution in [1.29, 1.82) is 0 Å². The van der Waals surface area contributed by atoms with Gasteiger partial charge >= 0.3 is 0 Å². The van der Waals surface area contributed by atoms with E-state index >= 15 is 0 Å². The number of hydrogen-bond acceptors (Lipinski definition) is 3. The molecule has 3 aromatic rings. The molecule has 102 valence electrons. The molecule has 5 heteroatoms. The summed E-state index contributed by atoms with van der Waals surface area (Å²) in [5.41, 5.74) is 1.97. The molecule has 0 radical (unpaired) electrons. The molecule has 0 bridgehead atoms. The summed E-state index contributed by atoms with van der Waals surface area (Å²) < 4.78 is 13.3. The van der Waals surface area contributed by atoms with Gasteiger partial charge in [0.1, 0.15) is 21.9 Å². The first-order valence-electron chi connectivity index (χ1n) is 6.09. The average molecular weight is 333 g/mol. The van der Waals surface area contributed by atoms with Crippen molar-refractivity contribution < 1.29 is 9.47 Å². The van der Waals surface area contributed by atoms with Gasteiger partial charge in [-0.15, -0.1) is 0 Å². The van der Waals surface area contributed by atoms with E-state index in [9.17, 15) is 0 Å². The first kappa shape index (κ1) is 13.0. The van der Waals surface area contributed by atoms with Gasteiger partial charge in [-0.05, 0) is 40.2 Å². The van der Waals surface area contributed by atoms with Crippen LogP contribution in [0.1, 0.15) is 0 Å². The number of ether oxygens (including phenoxy) is 2. The number of fused-ring (bicyclic) bond motifs is 1. The summed E-state index contributed by atoms with van der Waals surface area (Å²) in [6.07, 6.45) is 1.92. The van der Waals surface area contributed by atoms with Gasteiger partial charge in [0.15, 0.2) is 0 Å². The molecule has 0 atom stereocenters. The van der Waals surface area contributed by atoms with Crippen molar-refractivity contribution in [2.75, 3.05) is 14.2 Å². The fraction of sp³-hybridized carbons (Fsp3) is 0.133. The van der Waals surface area contributed by atoms with Crippen LogP contribution in [-0.4, -0.2) is 23.6 Å². The van der Waals surface area contributed by atoms with Gasteiger partial charge in [-0.2, -0.15) is 0 Å². The summed E-state index contributed by atoms with van der Waals surface area (Å²) in [4.78, 5) is 4.58. The highest BCUT2D eigenvalue weighted by Gasteiger charge is 2.12. The Morgan fingerprint density at radius 2 is 1.85 bits per heavy atom. The maximum atomic E-state index is 5.28. The van der Waals surface area contributed by atoms with Crippen LogP contribution < -0.4 is 9.47 Å². The molecule has 0 spiro atoms. The molecule has 0 aliphatic heterocycles. The lowest BCUT2D eigenvalue weighted by atomic mass is 10.2. The molecule has 0 saturated heterocycles. The molecule has 1 aromatic carbocycles. The van der Waals surface area contributed by atoms with Gasteiger partial charge in [0.25, 0.3) is 0 Å². The predicted octanol–water partition coefficient (Wildman–Crippen LogP) is 3.78. The van der Waals surface area contributed by atoms with Crippen LogP contribution >= 0.6 is 15.9 Å². The second-order valence-electron chi connectivity index (χ2n) is 4.28. The molecule has 0 saturated carbocycles. The normalized spacial score (nSPS) is 10.8. The van der Waals surface area contributed by atoms with Gasteiger partial charge in [0.2, 0.25) is 0 Å². The van der Waals surface area contributed by atoms with Crippen LogP contribution in [0, 0.1) is 0 Å². The third kappa shape index (κ3) is 2.14. The summed E-state index contributed by atoms with van der Waals surface area (Å²) >= 11 is 3.49. The molecule has 0 fully saturated rings. The van der Waals surface area contributed by atoms with Crippen molar-refractivity contribution in [3.05, 3.63) is 47.2 Å². The molecular weight excluding hydrogens is 320 g/mol.